The lowest BCUT2D eigenvalue weighted by Crippen LogP contribution is -2.45. The first kappa shape index (κ1) is 33.6. The second-order valence-electron chi connectivity index (χ2n) is 11.1. The van der Waals surface area contributed by atoms with Crippen molar-refractivity contribution in [2.24, 2.45) is 5.73 Å². The third kappa shape index (κ3) is 12.7. The van der Waals surface area contributed by atoms with Crippen LogP contribution < -0.4 is 20.7 Å². The summed E-state index contributed by atoms with van der Waals surface area (Å²) in [6.45, 7) is 3.17. The van der Waals surface area contributed by atoms with E-state index in [2.05, 4.69) is 12.2 Å². The second kappa shape index (κ2) is 20.3. The summed E-state index contributed by atoms with van der Waals surface area (Å²) in [6.07, 6.45) is 19.5. The van der Waals surface area contributed by atoms with Crippen molar-refractivity contribution in [2.45, 2.75) is 122 Å². The zero-order valence-corrected chi connectivity index (χ0v) is 25.1. The molecule has 0 spiro atoms. The van der Waals surface area contributed by atoms with Crippen LogP contribution in [-0.4, -0.2) is 55.5 Å². The van der Waals surface area contributed by atoms with E-state index in [0.717, 1.165) is 32.1 Å². The summed E-state index contributed by atoms with van der Waals surface area (Å²) in [7, 11) is 1.57. The molecule has 40 heavy (non-hydrogen) atoms. The Balaban J connectivity index is 1.69. The molecule has 0 aliphatic carbocycles. The van der Waals surface area contributed by atoms with Crippen molar-refractivity contribution in [3.63, 3.8) is 0 Å². The average Bonchev–Trinajstić information content (AvgIpc) is 3.23. The number of nitrogens with zero attached hydrogens (tertiary/aromatic N) is 2. The molecule has 0 saturated carbocycles. The van der Waals surface area contributed by atoms with Crippen LogP contribution in [0.3, 0.4) is 0 Å². The number of nitrogens with two attached hydrogens (primary N) is 1. The first-order chi connectivity index (χ1) is 19.5. The molecular weight excluding hydrogens is 504 g/mol. The number of benzene rings is 1. The van der Waals surface area contributed by atoms with Crippen molar-refractivity contribution >= 4 is 23.5 Å². The number of rotatable bonds is 23. The highest BCUT2D eigenvalue weighted by molar-refractivity contribution is 6.19. The SMILES string of the molecule is CCCCCCCCCCCCCCCC(=O)N[C@@H](CCCCN)CN1CC(=O)N(c2ccc(OC)cc2)C1=O. The number of amides is 4. The number of nitrogens with one attached hydrogen (secondary N) is 1. The number of hydrogen-bond acceptors (Lipinski definition) is 5. The highest BCUT2D eigenvalue weighted by Gasteiger charge is 2.38. The fourth-order valence-corrected chi connectivity index (χ4v) is 5.29. The van der Waals surface area contributed by atoms with Gasteiger partial charge in [0.05, 0.1) is 12.8 Å². The molecule has 8 nitrogen and oxygen atoms in total. The van der Waals surface area contributed by atoms with Gasteiger partial charge in [-0.3, -0.25) is 9.59 Å². The predicted molar refractivity (Wildman–Crippen MR) is 163 cm³/mol. The van der Waals surface area contributed by atoms with E-state index in [4.69, 9.17) is 10.5 Å². The molecule has 1 atom stereocenters. The smallest absolute Gasteiger partial charge is 0.331 e. The Morgan fingerprint density at radius 1 is 0.875 bits per heavy atom. The molecule has 1 aromatic carbocycles. The minimum absolute atomic E-state index is 0.00692. The van der Waals surface area contributed by atoms with E-state index in [-0.39, 0.29) is 30.4 Å². The summed E-state index contributed by atoms with van der Waals surface area (Å²) in [4.78, 5) is 41.2. The first-order valence-electron chi connectivity index (χ1n) is 15.8. The lowest BCUT2D eigenvalue weighted by Gasteiger charge is -2.24. The van der Waals surface area contributed by atoms with Gasteiger partial charge in [-0.1, -0.05) is 90.4 Å². The maximum atomic E-state index is 13.1. The third-order valence-electron chi connectivity index (χ3n) is 7.69. The van der Waals surface area contributed by atoms with Crippen molar-refractivity contribution < 1.29 is 19.1 Å². The summed E-state index contributed by atoms with van der Waals surface area (Å²) in [5.41, 5.74) is 6.19. The van der Waals surface area contributed by atoms with Gasteiger partial charge < -0.3 is 20.7 Å². The van der Waals surface area contributed by atoms with Crippen LogP contribution in [-0.2, 0) is 9.59 Å². The van der Waals surface area contributed by atoms with Crippen LogP contribution in [0.5, 0.6) is 5.75 Å². The topological polar surface area (TPSA) is 105 Å². The van der Waals surface area contributed by atoms with E-state index >= 15 is 0 Å². The van der Waals surface area contributed by atoms with E-state index < -0.39 is 0 Å². The maximum absolute atomic E-state index is 13.1. The molecule has 4 amide bonds. The number of hydrogen-bond donors (Lipinski definition) is 2. The minimum Gasteiger partial charge on any atom is -0.497 e. The van der Waals surface area contributed by atoms with Gasteiger partial charge in [0.15, 0.2) is 0 Å². The summed E-state index contributed by atoms with van der Waals surface area (Å²) < 4.78 is 5.17. The zero-order chi connectivity index (χ0) is 29.0. The molecule has 8 heteroatoms. The second-order valence-corrected chi connectivity index (χ2v) is 11.1. The van der Waals surface area contributed by atoms with Crippen LogP contribution >= 0.6 is 0 Å². The number of imide groups is 1. The monoisotopic (exact) mass is 558 g/mol. The van der Waals surface area contributed by atoms with Crippen LogP contribution in [0.25, 0.3) is 0 Å². The Hall–Kier alpha value is -2.61. The molecule has 1 aliphatic rings. The highest BCUT2D eigenvalue weighted by atomic mass is 16.5. The summed E-state index contributed by atoms with van der Waals surface area (Å²) in [5.74, 6) is 0.408. The van der Waals surface area contributed by atoms with Gasteiger partial charge in [0.2, 0.25) is 5.91 Å². The number of methoxy groups -OCH3 is 1. The number of ether oxygens (including phenoxy) is 1. The lowest BCUT2D eigenvalue weighted by molar-refractivity contribution is -0.122. The van der Waals surface area contributed by atoms with Crippen LogP contribution in [0.2, 0.25) is 0 Å². The predicted octanol–water partition coefficient (Wildman–Crippen LogP) is 6.56. The van der Waals surface area contributed by atoms with Crippen molar-refractivity contribution in [2.75, 3.05) is 31.6 Å². The molecule has 226 valence electrons. The molecule has 1 aliphatic heterocycles. The summed E-state index contributed by atoms with van der Waals surface area (Å²) in [6, 6.07) is 6.30. The molecule has 0 radical (unpaired) electrons. The van der Waals surface area contributed by atoms with Gasteiger partial charge >= 0.3 is 6.03 Å². The van der Waals surface area contributed by atoms with Crippen molar-refractivity contribution in [3.05, 3.63) is 24.3 Å². The Morgan fingerprint density at radius 2 is 1.45 bits per heavy atom. The van der Waals surface area contributed by atoms with Crippen molar-refractivity contribution in [3.8, 4) is 5.75 Å². The van der Waals surface area contributed by atoms with E-state index in [1.807, 2.05) is 0 Å². The number of urea groups is 1. The Labute approximate surface area is 242 Å². The number of carbonyl (C=O) groups excluding carboxylic acids is 3. The standard InChI is InChI=1S/C32H54N4O4/c1-3-4-5-6-7-8-9-10-11-12-13-14-15-19-30(37)34-27(18-16-17-24-33)25-35-26-31(38)36(32(35)39)28-20-22-29(40-2)23-21-28/h20-23,27H,3-19,24-26,33H2,1-2H3,(H,34,37)/t27-/m0/s1. The van der Waals surface area contributed by atoms with Gasteiger partial charge in [-0.25, -0.2) is 9.69 Å². The molecular formula is C32H54N4O4. The lowest BCUT2D eigenvalue weighted by atomic mass is 10.0. The molecule has 0 unspecified atom stereocenters. The molecule has 1 saturated heterocycles. The highest BCUT2D eigenvalue weighted by Crippen LogP contribution is 2.24. The summed E-state index contributed by atoms with van der Waals surface area (Å²) >= 11 is 0. The van der Waals surface area contributed by atoms with Crippen LogP contribution in [0.15, 0.2) is 24.3 Å². The number of anilines is 1. The molecule has 2 rings (SSSR count). The Morgan fingerprint density at radius 3 is 2.00 bits per heavy atom. The first-order valence-corrected chi connectivity index (χ1v) is 15.8. The number of carbonyl (C=O) groups is 3. The summed E-state index contributed by atoms with van der Waals surface area (Å²) in [5, 5.41) is 3.13. The maximum Gasteiger partial charge on any atom is 0.331 e. The quantitative estimate of drug-likeness (QED) is 0.117. The van der Waals surface area contributed by atoms with E-state index in [1.54, 1.807) is 31.4 Å². The minimum atomic E-state index is -0.357. The van der Waals surface area contributed by atoms with Gasteiger partial charge in [0.1, 0.15) is 12.3 Å². The third-order valence-corrected chi connectivity index (χ3v) is 7.69. The van der Waals surface area contributed by atoms with E-state index in [0.29, 0.717) is 30.9 Å². The van der Waals surface area contributed by atoms with Crippen LogP contribution in [0.1, 0.15) is 116 Å². The number of unbranched alkanes of at least 4 members (excludes halogenated alkanes) is 13. The molecule has 1 aromatic rings. The van der Waals surface area contributed by atoms with Gasteiger partial charge in [-0.15, -0.1) is 0 Å². The van der Waals surface area contributed by atoms with Gasteiger partial charge in [0.25, 0.3) is 5.91 Å². The van der Waals surface area contributed by atoms with Crippen molar-refractivity contribution in [1.29, 1.82) is 0 Å². The average molecular weight is 559 g/mol. The molecule has 1 fully saturated rings. The largest absolute Gasteiger partial charge is 0.497 e. The van der Waals surface area contributed by atoms with Crippen LogP contribution in [0.4, 0.5) is 10.5 Å². The Bertz CT molecular complexity index is 861. The zero-order valence-electron chi connectivity index (χ0n) is 25.1. The van der Waals surface area contributed by atoms with E-state index in [9.17, 15) is 14.4 Å². The van der Waals surface area contributed by atoms with Crippen LogP contribution in [0, 0.1) is 0 Å². The fourth-order valence-electron chi connectivity index (χ4n) is 5.29. The van der Waals surface area contributed by atoms with Gasteiger partial charge in [-0.2, -0.15) is 0 Å². The van der Waals surface area contributed by atoms with E-state index in [1.165, 1.54) is 80.4 Å². The fraction of sp³-hybridized carbons (Fsp3) is 0.719. The van der Waals surface area contributed by atoms with Gasteiger partial charge in [0, 0.05) is 19.0 Å². The van der Waals surface area contributed by atoms with Gasteiger partial charge in [-0.05, 0) is 50.1 Å². The molecule has 0 aromatic heterocycles. The van der Waals surface area contributed by atoms with Crippen molar-refractivity contribution in [1.82, 2.24) is 10.2 Å². The normalized spacial score (nSPS) is 14.2. The Kier molecular flexibility index (Phi) is 17.0. The molecule has 1 heterocycles. The molecule has 0 bridgehead atoms. The molecule has 3 N–H and O–H groups in total.